The van der Waals surface area contributed by atoms with Gasteiger partial charge in [0.15, 0.2) is 6.61 Å². The average Bonchev–Trinajstić information content (AvgIpc) is 2.57. The highest BCUT2D eigenvalue weighted by molar-refractivity contribution is 6.43. The Morgan fingerprint density at radius 3 is 2.42 bits per heavy atom. The maximum Gasteiger partial charge on any atom is 0.262 e. The van der Waals surface area contributed by atoms with E-state index in [-0.39, 0.29) is 17.9 Å². The molecule has 0 fully saturated rings. The minimum atomic E-state index is -0.294. The van der Waals surface area contributed by atoms with Crippen molar-refractivity contribution in [2.75, 3.05) is 11.9 Å². The fourth-order valence-corrected chi connectivity index (χ4v) is 2.49. The van der Waals surface area contributed by atoms with Gasteiger partial charge in [0.05, 0.1) is 15.7 Å². The normalized spacial score (nSPS) is 11.2. The van der Waals surface area contributed by atoms with Crippen LogP contribution in [0.1, 0.15) is 32.8 Å². The molecule has 3 nitrogen and oxygen atoms in total. The van der Waals surface area contributed by atoms with E-state index in [1.54, 1.807) is 18.2 Å². The first-order valence-electron chi connectivity index (χ1n) is 7.80. The Kier molecular flexibility index (Phi) is 6.14. The maximum atomic E-state index is 12.0. The molecule has 1 amide bonds. The van der Waals surface area contributed by atoms with Crippen molar-refractivity contribution >= 4 is 34.8 Å². The molecule has 1 N–H and O–H groups in total. The van der Waals surface area contributed by atoms with Crippen LogP contribution in [0.15, 0.2) is 42.5 Å². The Bertz CT molecular complexity index is 712. The first kappa shape index (κ1) is 18.6. The summed E-state index contributed by atoms with van der Waals surface area (Å²) in [5.41, 5.74) is 1.84. The summed E-state index contributed by atoms with van der Waals surface area (Å²) in [6, 6.07) is 12.9. The molecule has 0 unspecified atom stereocenters. The van der Waals surface area contributed by atoms with Gasteiger partial charge in [0.1, 0.15) is 5.75 Å². The Labute approximate surface area is 152 Å². The summed E-state index contributed by atoms with van der Waals surface area (Å²) in [4.78, 5) is 12.0. The summed E-state index contributed by atoms with van der Waals surface area (Å²) in [6.45, 7) is 6.46. The number of anilines is 1. The minimum Gasteiger partial charge on any atom is -0.484 e. The van der Waals surface area contributed by atoms with Crippen molar-refractivity contribution in [1.29, 1.82) is 0 Å². The molecular weight excluding hydrogens is 345 g/mol. The molecule has 5 heteroatoms. The van der Waals surface area contributed by atoms with Crippen LogP contribution in [-0.2, 0) is 10.2 Å². The van der Waals surface area contributed by atoms with E-state index in [1.165, 1.54) is 5.56 Å². The molecule has 0 atom stereocenters. The van der Waals surface area contributed by atoms with Crippen LogP contribution >= 0.6 is 23.2 Å². The largest absolute Gasteiger partial charge is 0.484 e. The van der Waals surface area contributed by atoms with Gasteiger partial charge < -0.3 is 10.1 Å². The van der Waals surface area contributed by atoms with Crippen LogP contribution in [0.4, 0.5) is 5.69 Å². The quantitative estimate of drug-likeness (QED) is 0.712. The van der Waals surface area contributed by atoms with E-state index in [4.69, 9.17) is 27.9 Å². The van der Waals surface area contributed by atoms with Gasteiger partial charge in [-0.1, -0.05) is 62.2 Å². The van der Waals surface area contributed by atoms with E-state index in [2.05, 4.69) is 26.1 Å². The molecule has 0 heterocycles. The van der Waals surface area contributed by atoms with Crippen molar-refractivity contribution < 1.29 is 9.53 Å². The minimum absolute atomic E-state index is 0.0979. The molecule has 0 aromatic heterocycles. The number of hydrogen-bond acceptors (Lipinski definition) is 2. The van der Waals surface area contributed by atoms with Gasteiger partial charge in [0, 0.05) is 0 Å². The lowest BCUT2D eigenvalue weighted by Gasteiger charge is -2.23. The molecule has 0 aliphatic heterocycles. The Morgan fingerprint density at radius 2 is 1.79 bits per heavy atom. The van der Waals surface area contributed by atoms with E-state index < -0.39 is 0 Å². The monoisotopic (exact) mass is 365 g/mol. The lowest BCUT2D eigenvalue weighted by Crippen LogP contribution is -2.20. The molecule has 2 rings (SSSR count). The molecule has 0 saturated heterocycles. The molecule has 0 spiro atoms. The number of carbonyl (C=O) groups is 1. The predicted octanol–water partition coefficient (Wildman–Crippen LogP) is 5.70. The van der Waals surface area contributed by atoms with Crippen LogP contribution in [0.2, 0.25) is 10.0 Å². The zero-order chi connectivity index (χ0) is 17.7. The van der Waals surface area contributed by atoms with Gasteiger partial charge in [-0.3, -0.25) is 4.79 Å². The third-order valence-corrected chi connectivity index (χ3v) is 4.93. The number of amides is 1. The van der Waals surface area contributed by atoms with Gasteiger partial charge in [-0.15, -0.1) is 0 Å². The lowest BCUT2D eigenvalue weighted by atomic mass is 9.82. The summed E-state index contributed by atoms with van der Waals surface area (Å²) in [7, 11) is 0. The molecule has 0 radical (unpaired) electrons. The van der Waals surface area contributed by atoms with Crippen LogP contribution in [-0.4, -0.2) is 12.5 Å². The highest BCUT2D eigenvalue weighted by Crippen LogP contribution is 2.30. The van der Waals surface area contributed by atoms with Crippen molar-refractivity contribution in [1.82, 2.24) is 0 Å². The van der Waals surface area contributed by atoms with Crippen LogP contribution in [0, 0.1) is 0 Å². The van der Waals surface area contributed by atoms with Crippen LogP contribution < -0.4 is 10.1 Å². The van der Waals surface area contributed by atoms with Crippen molar-refractivity contribution in [2.45, 2.75) is 32.6 Å². The highest BCUT2D eigenvalue weighted by Gasteiger charge is 2.17. The van der Waals surface area contributed by atoms with Crippen LogP contribution in [0.5, 0.6) is 5.75 Å². The zero-order valence-electron chi connectivity index (χ0n) is 14.0. The molecular formula is C19H21Cl2NO2. The molecule has 0 bridgehead atoms. The molecule has 0 aliphatic rings. The number of halogens is 2. The fourth-order valence-electron chi connectivity index (χ4n) is 2.14. The fraction of sp³-hybridized carbons (Fsp3) is 0.316. The van der Waals surface area contributed by atoms with E-state index in [1.807, 2.05) is 24.3 Å². The van der Waals surface area contributed by atoms with Gasteiger partial charge in [-0.2, -0.15) is 0 Å². The summed E-state index contributed by atoms with van der Waals surface area (Å²) < 4.78 is 5.52. The predicted molar refractivity (Wildman–Crippen MR) is 100 cm³/mol. The molecule has 128 valence electrons. The number of carbonyl (C=O) groups excluding carboxylic acids is 1. The molecule has 2 aromatic carbocycles. The third-order valence-electron chi connectivity index (χ3n) is 4.12. The topological polar surface area (TPSA) is 38.3 Å². The second-order valence-corrected chi connectivity index (χ2v) is 6.99. The van der Waals surface area contributed by atoms with Crippen molar-refractivity contribution in [3.63, 3.8) is 0 Å². The van der Waals surface area contributed by atoms with Gasteiger partial charge >= 0.3 is 0 Å². The van der Waals surface area contributed by atoms with E-state index in [0.717, 1.165) is 6.42 Å². The maximum absolute atomic E-state index is 12.0. The molecule has 2 aromatic rings. The molecule has 24 heavy (non-hydrogen) atoms. The summed E-state index contributed by atoms with van der Waals surface area (Å²) in [6.07, 6.45) is 1.05. The van der Waals surface area contributed by atoms with Gasteiger partial charge in [0.2, 0.25) is 0 Å². The van der Waals surface area contributed by atoms with Crippen molar-refractivity contribution in [3.8, 4) is 5.75 Å². The van der Waals surface area contributed by atoms with Crippen LogP contribution in [0.3, 0.4) is 0 Å². The summed E-state index contributed by atoms with van der Waals surface area (Å²) in [5, 5.41) is 3.40. The van der Waals surface area contributed by atoms with Gasteiger partial charge in [-0.05, 0) is 41.7 Å². The summed E-state index contributed by atoms with van der Waals surface area (Å²) >= 11 is 12.0. The SMILES string of the molecule is CCC(C)(C)c1ccc(OCC(=O)Nc2cccc(Cl)c2Cl)cc1. The number of nitrogens with one attached hydrogen (secondary N) is 1. The number of rotatable bonds is 6. The highest BCUT2D eigenvalue weighted by atomic mass is 35.5. The van der Waals surface area contributed by atoms with E-state index in [0.29, 0.717) is 21.5 Å². The van der Waals surface area contributed by atoms with Crippen molar-refractivity contribution in [3.05, 3.63) is 58.1 Å². The second-order valence-electron chi connectivity index (χ2n) is 6.20. The van der Waals surface area contributed by atoms with Gasteiger partial charge in [-0.25, -0.2) is 0 Å². The smallest absolute Gasteiger partial charge is 0.262 e. The average molecular weight is 366 g/mol. The third kappa shape index (κ3) is 4.65. The van der Waals surface area contributed by atoms with Gasteiger partial charge in [0.25, 0.3) is 5.91 Å². The van der Waals surface area contributed by atoms with E-state index >= 15 is 0 Å². The molecule has 0 aliphatic carbocycles. The summed E-state index contributed by atoms with van der Waals surface area (Å²) in [5.74, 6) is 0.357. The Balaban J connectivity index is 1.93. The standard InChI is InChI=1S/C19H21Cl2NO2/c1-4-19(2,3)13-8-10-14(11-9-13)24-12-17(23)22-16-7-5-6-15(20)18(16)21/h5-11H,4,12H2,1-3H3,(H,22,23). The van der Waals surface area contributed by atoms with Crippen molar-refractivity contribution in [2.24, 2.45) is 0 Å². The first-order valence-corrected chi connectivity index (χ1v) is 8.56. The Morgan fingerprint density at radius 1 is 1.12 bits per heavy atom. The number of benzene rings is 2. The lowest BCUT2D eigenvalue weighted by molar-refractivity contribution is -0.118. The second kappa shape index (κ2) is 7.91. The number of hydrogen-bond donors (Lipinski definition) is 1. The number of ether oxygens (including phenoxy) is 1. The zero-order valence-corrected chi connectivity index (χ0v) is 15.5. The Hall–Kier alpha value is -1.71. The first-order chi connectivity index (χ1) is 11.3. The van der Waals surface area contributed by atoms with Crippen LogP contribution in [0.25, 0.3) is 0 Å². The van der Waals surface area contributed by atoms with E-state index in [9.17, 15) is 4.79 Å². The molecule has 0 saturated carbocycles.